The van der Waals surface area contributed by atoms with Crippen molar-refractivity contribution in [2.24, 2.45) is 0 Å². The molecule has 0 fully saturated rings. The lowest BCUT2D eigenvalue weighted by molar-refractivity contribution is -0.384. The van der Waals surface area contributed by atoms with Crippen molar-refractivity contribution in [1.29, 1.82) is 0 Å². The van der Waals surface area contributed by atoms with Crippen LogP contribution in [0.2, 0.25) is 0 Å². The molecule has 0 aliphatic rings. The van der Waals surface area contributed by atoms with Gasteiger partial charge in [-0.15, -0.1) is 0 Å². The van der Waals surface area contributed by atoms with Crippen molar-refractivity contribution < 1.29 is 13.7 Å². The highest BCUT2D eigenvalue weighted by Crippen LogP contribution is 2.25. The third-order valence-electron chi connectivity index (χ3n) is 2.55. The Bertz CT molecular complexity index is 600. The Hall–Kier alpha value is -2.50. The van der Waals surface area contributed by atoms with Gasteiger partial charge in [0.1, 0.15) is 17.3 Å². The van der Waals surface area contributed by atoms with Gasteiger partial charge in [-0.1, -0.05) is 12.1 Å². The first-order valence-corrected chi connectivity index (χ1v) is 5.48. The van der Waals surface area contributed by atoms with E-state index < -0.39 is 10.7 Å². The number of nitrogens with zero attached hydrogens (tertiary/aromatic N) is 1. The summed E-state index contributed by atoms with van der Waals surface area (Å²) in [5.41, 5.74) is 0.651. The van der Waals surface area contributed by atoms with Crippen molar-refractivity contribution in [1.82, 2.24) is 0 Å². The van der Waals surface area contributed by atoms with Crippen LogP contribution in [0.4, 0.5) is 20.2 Å². The van der Waals surface area contributed by atoms with Crippen LogP contribution in [0.1, 0.15) is 5.56 Å². The molecule has 0 aromatic heterocycles. The van der Waals surface area contributed by atoms with Crippen molar-refractivity contribution in [3.63, 3.8) is 0 Å². The Kier molecular flexibility index (Phi) is 3.70. The maximum absolute atomic E-state index is 12.9. The maximum Gasteiger partial charge on any atom is 0.295 e. The van der Waals surface area contributed by atoms with Gasteiger partial charge in [0, 0.05) is 6.54 Å². The number of anilines is 1. The standard InChI is InChI=1S/C13H10F2N2O2/c14-10-3-1-9(2-4-10)8-16-12-6-5-11(15)7-13(12)17(18)19/h1-7,16H,8H2. The molecule has 2 rings (SSSR count). The average molecular weight is 264 g/mol. The van der Waals surface area contributed by atoms with Gasteiger partial charge < -0.3 is 5.32 Å². The largest absolute Gasteiger partial charge is 0.375 e. The van der Waals surface area contributed by atoms with Crippen LogP contribution in [0.15, 0.2) is 42.5 Å². The monoisotopic (exact) mass is 264 g/mol. The minimum Gasteiger partial charge on any atom is -0.375 e. The smallest absolute Gasteiger partial charge is 0.295 e. The number of nitrogens with one attached hydrogen (secondary N) is 1. The zero-order valence-electron chi connectivity index (χ0n) is 9.77. The van der Waals surface area contributed by atoms with E-state index in [0.29, 0.717) is 0 Å². The second kappa shape index (κ2) is 5.43. The molecule has 2 aromatic rings. The fraction of sp³-hybridized carbons (Fsp3) is 0.0769. The van der Waals surface area contributed by atoms with Gasteiger partial charge in [0.25, 0.3) is 5.69 Å². The molecule has 2 aromatic carbocycles. The van der Waals surface area contributed by atoms with E-state index in [1.54, 1.807) is 12.1 Å². The van der Waals surface area contributed by atoms with Gasteiger partial charge in [-0.3, -0.25) is 10.1 Å². The number of nitro groups is 1. The highest BCUT2D eigenvalue weighted by Gasteiger charge is 2.14. The SMILES string of the molecule is O=[N+]([O-])c1cc(F)ccc1NCc1ccc(F)cc1. The van der Waals surface area contributed by atoms with Crippen LogP contribution in [-0.2, 0) is 6.54 Å². The third-order valence-corrected chi connectivity index (χ3v) is 2.55. The maximum atomic E-state index is 12.9. The summed E-state index contributed by atoms with van der Waals surface area (Å²) in [6, 6.07) is 9.03. The first kappa shape index (κ1) is 12.9. The highest BCUT2D eigenvalue weighted by atomic mass is 19.1. The fourth-order valence-corrected chi connectivity index (χ4v) is 1.60. The molecule has 0 amide bonds. The summed E-state index contributed by atoms with van der Waals surface area (Å²) in [6.45, 7) is 0.284. The zero-order valence-corrected chi connectivity index (χ0v) is 9.77. The summed E-state index contributed by atoms with van der Waals surface area (Å²) in [5, 5.41) is 13.6. The molecular weight excluding hydrogens is 254 g/mol. The number of hydrogen-bond donors (Lipinski definition) is 1. The minimum atomic E-state index is -0.668. The molecule has 0 spiro atoms. The van der Waals surface area contributed by atoms with Crippen LogP contribution in [-0.4, -0.2) is 4.92 Å². The minimum absolute atomic E-state index is 0.218. The van der Waals surface area contributed by atoms with Crippen molar-refractivity contribution in [2.75, 3.05) is 5.32 Å². The van der Waals surface area contributed by atoms with Crippen molar-refractivity contribution in [3.05, 3.63) is 69.8 Å². The fourth-order valence-electron chi connectivity index (χ4n) is 1.60. The normalized spacial score (nSPS) is 10.2. The van der Waals surface area contributed by atoms with E-state index in [1.165, 1.54) is 18.2 Å². The lowest BCUT2D eigenvalue weighted by Gasteiger charge is -2.07. The predicted octanol–water partition coefficient (Wildman–Crippen LogP) is 3.49. The Morgan fingerprint density at radius 2 is 1.68 bits per heavy atom. The summed E-state index contributed by atoms with van der Waals surface area (Å²) in [5.74, 6) is -1.02. The van der Waals surface area contributed by atoms with E-state index in [0.717, 1.165) is 17.7 Å². The van der Waals surface area contributed by atoms with E-state index in [4.69, 9.17) is 0 Å². The summed E-state index contributed by atoms with van der Waals surface area (Å²) >= 11 is 0. The Morgan fingerprint density at radius 3 is 2.32 bits per heavy atom. The van der Waals surface area contributed by atoms with Gasteiger partial charge >= 0.3 is 0 Å². The molecule has 0 saturated carbocycles. The van der Waals surface area contributed by atoms with Crippen LogP contribution < -0.4 is 5.32 Å². The molecule has 0 radical (unpaired) electrons. The topological polar surface area (TPSA) is 55.2 Å². The second-order valence-electron chi connectivity index (χ2n) is 3.90. The molecule has 4 nitrogen and oxygen atoms in total. The molecule has 0 atom stereocenters. The van der Waals surface area contributed by atoms with Gasteiger partial charge in [0.2, 0.25) is 0 Å². The predicted molar refractivity (Wildman–Crippen MR) is 66.8 cm³/mol. The van der Waals surface area contributed by atoms with Crippen molar-refractivity contribution in [3.8, 4) is 0 Å². The van der Waals surface area contributed by atoms with Gasteiger partial charge in [-0.2, -0.15) is 0 Å². The van der Waals surface area contributed by atoms with E-state index in [-0.39, 0.29) is 23.7 Å². The van der Waals surface area contributed by atoms with Gasteiger partial charge in [-0.25, -0.2) is 8.78 Å². The van der Waals surface area contributed by atoms with Crippen molar-refractivity contribution in [2.45, 2.75) is 6.54 Å². The third kappa shape index (κ3) is 3.25. The Balaban J connectivity index is 2.15. The quantitative estimate of drug-likeness (QED) is 0.679. The van der Waals surface area contributed by atoms with Gasteiger partial charge in [-0.05, 0) is 29.8 Å². The Labute approximate surface area is 107 Å². The second-order valence-corrected chi connectivity index (χ2v) is 3.90. The molecule has 0 bridgehead atoms. The van der Waals surface area contributed by atoms with E-state index >= 15 is 0 Å². The van der Waals surface area contributed by atoms with Crippen LogP contribution in [0, 0.1) is 21.7 Å². The van der Waals surface area contributed by atoms with Crippen molar-refractivity contribution >= 4 is 11.4 Å². The van der Waals surface area contributed by atoms with E-state index in [2.05, 4.69) is 5.32 Å². The average Bonchev–Trinajstić information content (AvgIpc) is 2.39. The molecule has 0 aliphatic carbocycles. The number of hydrogen-bond acceptors (Lipinski definition) is 3. The van der Waals surface area contributed by atoms with Crippen LogP contribution in [0.3, 0.4) is 0 Å². The van der Waals surface area contributed by atoms with Crippen LogP contribution in [0.5, 0.6) is 0 Å². The molecule has 0 saturated heterocycles. The molecule has 0 aliphatic heterocycles. The number of nitro benzene ring substituents is 1. The summed E-state index contributed by atoms with van der Waals surface area (Å²) in [7, 11) is 0. The van der Waals surface area contributed by atoms with Crippen LogP contribution in [0.25, 0.3) is 0 Å². The Morgan fingerprint density at radius 1 is 1.05 bits per heavy atom. The van der Waals surface area contributed by atoms with E-state index in [1.807, 2.05) is 0 Å². The highest BCUT2D eigenvalue weighted by molar-refractivity contribution is 5.61. The zero-order chi connectivity index (χ0) is 13.8. The molecule has 0 unspecified atom stereocenters. The number of halogens is 2. The molecule has 0 heterocycles. The van der Waals surface area contributed by atoms with Crippen LogP contribution >= 0.6 is 0 Å². The van der Waals surface area contributed by atoms with Gasteiger partial charge in [0.15, 0.2) is 0 Å². The lowest BCUT2D eigenvalue weighted by Crippen LogP contribution is -2.03. The molecule has 6 heteroatoms. The molecule has 98 valence electrons. The first-order valence-electron chi connectivity index (χ1n) is 5.48. The summed E-state index contributed by atoms with van der Waals surface area (Å²) < 4.78 is 25.7. The molecular formula is C13H10F2N2O2. The summed E-state index contributed by atoms with van der Waals surface area (Å²) in [4.78, 5) is 10.1. The lowest BCUT2D eigenvalue weighted by atomic mass is 10.2. The van der Waals surface area contributed by atoms with E-state index in [9.17, 15) is 18.9 Å². The summed E-state index contributed by atoms with van der Waals surface area (Å²) in [6.07, 6.45) is 0. The molecule has 1 N–H and O–H groups in total. The van der Waals surface area contributed by atoms with Gasteiger partial charge in [0.05, 0.1) is 11.0 Å². The first-order chi connectivity index (χ1) is 9.06. The molecule has 19 heavy (non-hydrogen) atoms. The number of benzene rings is 2. The number of rotatable bonds is 4.